The van der Waals surface area contributed by atoms with Crippen LogP contribution < -0.4 is 4.74 Å². The van der Waals surface area contributed by atoms with Crippen molar-refractivity contribution in [2.45, 2.75) is 57.8 Å². The van der Waals surface area contributed by atoms with Crippen LogP contribution in [-0.4, -0.2) is 55.7 Å². The molecule has 2 unspecified atom stereocenters. The van der Waals surface area contributed by atoms with Crippen molar-refractivity contribution < 1.29 is 33.4 Å². The lowest BCUT2D eigenvalue weighted by atomic mass is 9.87. The van der Waals surface area contributed by atoms with Crippen LogP contribution in [0.25, 0.3) is 10.8 Å². The fourth-order valence-corrected chi connectivity index (χ4v) is 5.45. The van der Waals surface area contributed by atoms with E-state index >= 15 is 0 Å². The van der Waals surface area contributed by atoms with Crippen molar-refractivity contribution in [3.05, 3.63) is 113 Å². The maximum atomic E-state index is 12.5. The molecule has 4 aromatic rings. The SMILES string of the molecule is COc1cccc(C(=O)OCCc2ccc(C3CCN(OC(=O)OC(C)(C)C)CC3OCc3ccc4ccccc4c3)cc2)c1. The van der Waals surface area contributed by atoms with E-state index < -0.39 is 11.8 Å². The molecule has 1 saturated heterocycles. The molecule has 8 nitrogen and oxygen atoms in total. The molecule has 1 heterocycles. The van der Waals surface area contributed by atoms with Crippen molar-refractivity contribution >= 4 is 22.9 Å². The van der Waals surface area contributed by atoms with Gasteiger partial charge in [0.1, 0.15) is 11.4 Å². The average Bonchev–Trinajstić information content (AvgIpc) is 3.03. The van der Waals surface area contributed by atoms with E-state index in [0.29, 0.717) is 37.4 Å². The molecule has 1 aliphatic rings. The van der Waals surface area contributed by atoms with E-state index in [2.05, 4.69) is 54.6 Å². The highest BCUT2D eigenvalue weighted by Gasteiger charge is 2.34. The Kier molecular flexibility index (Phi) is 10.4. The second kappa shape index (κ2) is 14.6. The minimum Gasteiger partial charge on any atom is -0.497 e. The standard InChI is InChI=1S/C37H41NO7/c1-37(2,3)44-36(40)45-38-20-18-33(34(24-38)43-25-27-14-15-28-8-5-6-9-30(28)22-27)29-16-12-26(13-17-29)19-21-42-35(39)31-10-7-11-32(23-31)41-4/h5-17,22-23,33-34H,18-21,24-25H2,1-4H3. The summed E-state index contributed by atoms with van der Waals surface area (Å²) in [5.74, 6) is 0.336. The summed E-state index contributed by atoms with van der Waals surface area (Å²) in [6.45, 7) is 7.11. The first-order chi connectivity index (χ1) is 21.7. The lowest BCUT2D eigenvalue weighted by molar-refractivity contribution is -0.179. The zero-order valence-electron chi connectivity index (χ0n) is 26.4. The van der Waals surface area contributed by atoms with E-state index in [0.717, 1.165) is 23.1 Å². The Balaban J connectivity index is 1.22. The molecule has 236 valence electrons. The van der Waals surface area contributed by atoms with Crippen molar-refractivity contribution in [1.82, 2.24) is 5.06 Å². The van der Waals surface area contributed by atoms with Crippen LogP contribution in [0.5, 0.6) is 5.75 Å². The Hall–Kier alpha value is -4.40. The minimum absolute atomic E-state index is 0.101. The van der Waals surface area contributed by atoms with Gasteiger partial charge in [0.25, 0.3) is 0 Å². The van der Waals surface area contributed by atoms with Gasteiger partial charge in [0.2, 0.25) is 0 Å². The smallest absolute Gasteiger partial charge is 0.497 e. The number of benzene rings is 4. The highest BCUT2D eigenvalue weighted by molar-refractivity contribution is 5.89. The molecule has 8 heteroatoms. The van der Waals surface area contributed by atoms with Crippen LogP contribution in [-0.2, 0) is 32.1 Å². The number of methoxy groups -OCH3 is 1. The molecule has 45 heavy (non-hydrogen) atoms. The molecule has 2 atom stereocenters. The van der Waals surface area contributed by atoms with Gasteiger partial charge >= 0.3 is 12.1 Å². The second-order valence-electron chi connectivity index (χ2n) is 12.2. The summed E-state index contributed by atoms with van der Waals surface area (Å²) in [6.07, 6.45) is 0.399. The molecule has 0 bridgehead atoms. The third kappa shape index (κ3) is 9.06. The Morgan fingerprint density at radius 2 is 1.62 bits per heavy atom. The number of carbonyl (C=O) groups excluding carboxylic acids is 2. The summed E-state index contributed by atoms with van der Waals surface area (Å²) in [5, 5.41) is 3.99. The summed E-state index contributed by atoms with van der Waals surface area (Å²) in [7, 11) is 1.56. The van der Waals surface area contributed by atoms with Crippen LogP contribution in [0.2, 0.25) is 0 Å². The molecule has 0 N–H and O–H groups in total. The van der Waals surface area contributed by atoms with E-state index in [1.165, 1.54) is 10.8 Å². The first-order valence-corrected chi connectivity index (χ1v) is 15.3. The van der Waals surface area contributed by atoms with Gasteiger partial charge in [-0.25, -0.2) is 9.59 Å². The molecule has 0 aromatic heterocycles. The fourth-order valence-electron chi connectivity index (χ4n) is 5.45. The molecule has 5 rings (SSSR count). The molecule has 4 aromatic carbocycles. The number of hydrogen-bond donors (Lipinski definition) is 0. The number of ether oxygens (including phenoxy) is 4. The Labute approximate surface area is 264 Å². The van der Waals surface area contributed by atoms with Crippen molar-refractivity contribution in [3.63, 3.8) is 0 Å². The van der Waals surface area contributed by atoms with Crippen molar-refractivity contribution in [2.24, 2.45) is 0 Å². The Morgan fingerprint density at radius 1 is 0.867 bits per heavy atom. The first kappa shape index (κ1) is 32.0. The molecule has 0 amide bonds. The molecular weight excluding hydrogens is 570 g/mol. The second-order valence-corrected chi connectivity index (χ2v) is 12.2. The predicted octanol–water partition coefficient (Wildman–Crippen LogP) is 7.49. The topological polar surface area (TPSA) is 83.5 Å². The molecule has 0 spiro atoms. The minimum atomic E-state index is -0.717. The van der Waals surface area contributed by atoms with E-state index in [4.69, 9.17) is 23.8 Å². The predicted molar refractivity (Wildman–Crippen MR) is 172 cm³/mol. The third-order valence-electron chi connectivity index (χ3n) is 7.73. The number of hydroxylamine groups is 2. The largest absolute Gasteiger partial charge is 0.528 e. The van der Waals surface area contributed by atoms with Crippen LogP contribution in [0.4, 0.5) is 4.79 Å². The number of rotatable bonds is 10. The maximum absolute atomic E-state index is 12.5. The fraction of sp³-hybridized carbons (Fsp3) is 0.351. The van der Waals surface area contributed by atoms with Crippen LogP contribution in [0.1, 0.15) is 60.2 Å². The van der Waals surface area contributed by atoms with Gasteiger partial charge in [0.15, 0.2) is 0 Å². The number of fused-ring (bicyclic) bond motifs is 1. The number of hydrogen-bond acceptors (Lipinski definition) is 8. The van der Waals surface area contributed by atoms with Gasteiger partial charge in [-0.1, -0.05) is 66.7 Å². The van der Waals surface area contributed by atoms with Crippen LogP contribution in [0.15, 0.2) is 91.0 Å². The normalized spacial score (nSPS) is 17.1. The third-order valence-corrected chi connectivity index (χ3v) is 7.73. The lowest BCUT2D eigenvalue weighted by Crippen LogP contribution is -2.45. The Bertz CT molecular complexity index is 1590. The van der Waals surface area contributed by atoms with E-state index in [1.54, 1.807) is 36.4 Å². The summed E-state index contributed by atoms with van der Waals surface area (Å²) >= 11 is 0. The molecule has 0 radical (unpaired) electrons. The van der Waals surface area contributed by atoms with Crippen molar-refractivity contribution in [1.29, 1.82) is 0 Å². The lowest BCUT2D eigenvalue weighted by Gasteiger charge is -2.37. The van der Waals surface area contributed by atoms with Gasteiger partial charge in [-0.05, 0) is 78.9 Å². The average molecular weight is 612 g/mol. The Morgan fingerprint density at radius 3 is 2.38 bits per heavy atom. The van der Waals surface area contributed by atoms with Crippen LogP contribution in [0.3, 0.4) is 0 Å². The molecule has 1 fully saturated rings. The number of esters is 1. The first-order valence-electron chi connectivity index (χ1n) is 15.3. The van der Waals surface area contributed by atoms with E-state index in [1.807, 2.05) is 32.9 Å². The number of carbonyl (C=O) groups is 2. The van der Waals surface area contributed by atoms with Gasteiger partial charge in [0, 0.05) is 18.9 Å². The van der Waals surface area contributed by atoms with Crippen LogP contribution >= 0.6 is 0 Å². The molecule has 0 aliphatic carbocycles. The van der Waals surface area contributed by atoms with E-state index in [-0.39, 0.29) is 24.6 Å². The molecular formula is C37H41NO7. The highest BCUT2D eigenvalue weighted by Crippen LogP contribution is 2.32. The molecule has 1 aliphatic heterocycles. The van der Waals surface area contributed by atoms with E-state index in [9.17, 15) is 9.59 Å². The highest BCUT2D eigenvalue weighted by atomic mass is 16.8. The van der Waals surface area contributed by atoms with Gasteiger partial charge in [0.05, 0.1) is 38.5 Å². The quantitative estimate of drug-likeness (QED) is 0.171. The number of nitrogens with zero attached hydrogens (tertiary/aromatic N) is 1. The van der Waals surface area contributed by atoms with Gasteiger partial charge in [-0.15, -0.1) is 5.06 Å². The summed E-state index contributed by atoms with van der Waals surface area (Å²) in [5.41, 5.74) is 3.11. The summed E-state index contributed by atoms with van der Waals surface area (Å²) in [6, 6.07) is 29.9. The van der Waals surface area contributed by atoms with Gasteiger partial charge in [-0.3, -0.25) is 0 Å². The monoisotopic (exact) mass is 611 g/mol. The van der Waals surface area contributed by atoms with Crippen molar-refractivity contribution in [2.75, 3.05) is 26.8 Å². The van der Waals surface area contributed by atoms with Gasteiger partial charge in [-0.2, -0.15) is 0 Å². The number of piperidine rings is 1. The van der Waals surface area contributed by atoms with Crippen LogP contribution in [0, 0.1) is 0 Å². The molecule has 0 saturated carbocycles. The zero-order chi connectivity index (χ0) is 31.8. The maximum Gasteiger partial charge on any atom is 0.528 e. The summed E-state index contributed by atoms with van der Waals surface area (Å²) in [4.78, 5) is 30.4. The zero-order valence-corrected chi connectivity index (χ0v) is 26.4. The summed E-state index contributed by atoms with van der Waals surface area (Å²) < 4.78 is 22.6. The van der Waals surface area contributed by atoms with Gasteiger partial charge < -0.3 is 23.8 Å². The van der Waals surface area contributed by atoms with Crippen molar-refractivity contribution in [3.8, 4) is 5.75 Å².